The molecule has 0 fully saturated rings. The van der Waals surface area contributed by atoms with E-state index in [9.17, 15) is 19.2 Å². The van der Waals surface area contributed by atoms with E-state index in [1.807, 2.05) is 18.2 Å². The summed E-state index contributed by atoms with van der Waals surface area (Å²) in [5, 5.41) is 4.55. The van der Waals surface area contributed by atoms with Crippen LogP contribution in [-0.2, 0) is 30.5 Å². The van der Waals surface area contributed by atoms with Gasteiger partial charge < -0.3 is 10.1 Å². The standard InChI is InChI=1S/C16H20N2O5/c1-11(19)17-14(8-9-15(21)18-12(2)20)16(22)23-10-13-6-4-3-5-7-13/h3-7,14H,8-10H2,1-2H3,(H,17,19)(H,18,20,21). The first-order valence-corrected chi connectivity index (χ1v) is 7.16. The zero-order valence-corrected chi connectivity index (χ0v) is 13.1. The first-order valence-electron chi connectivity index (χ1n) is 7.16. The van der Waals surface area contributed by atoms with E-state index in [1.165, 1.54) is 13.8 Å². The number of imide groups is 1. The first kappa shape index (κ1) is 18.3. The second-order valence-corrected chi connectivity index (χ2v) is 4.99. The van der Waals surface area contributed by atoms with Gasteiger partial charge in [0, 0.05) is 20.3 Å². The molecule has 0 aliphatic rings. The van der Waals surface area contributed by atoms with Gasteiger partial charge in [-0.3, -0.25) is 19.7 Å². The maximum atomic E-state index is 12.1. The van der Waals surface area contributed by atoms with Gasteiger partial charge in [-0.15, -0.1) is 0 Å². The maximum absolute atomic E-state index is 12.1. The van der Waals surface area contributed by atoms with Crippen molar-refractivity contribution in [3.05, 3.63) is 35.9 Å². The van der Waals surface area contributed by atoms with Crippen molar-refractivity contribution in [2.45, 2.75) is 39.3 Å². The van der Waals surface area contributed by atoms with Crippen LogP contribution >= 0.6 is 0 Å². The van der Waals surface area contributed by atoms with Crippen molar-refractivity contribution in [3.63, 3.8) is 0 Å². The van der Waals surface area contributed by atoms with Crippen LogP contribution in [0.1, 0.15) is 32.3 Å². The number of hydrogen-bond donors (Lipinski definition) is 2. The Morgan fingerprint density at radius 1 is 1.04 bits per heavy atom. The molecule has 0 aliphatic heterocycles. The molecule has 0 radical (unpaired) electrons. The third kappa shape index (κ3) is 7.75. The molecule has 1 atom stereocenters. The maximum Gasteiger partial charge on any atom is 0.328 e. The van der Waals surface area contributed by atoms with Gasteiger partial charge in [0.25, 0.3) is 0 Å². The average Bonchev–Trinajstić information content (AvgIpc) is 2.49. The van der Waals surface area contributed by atoms with Gasteiger partial charge >= 0.3 is 5.97 Å². The van der Waals surface area contributed by atoms with E-state index in [0.717, 1.165) is 5.56 Å². The molecule has 124 valence electrons. The molecule has 3 amide bonds. The summed E-state index contributed by atoms with van der Waals surface area (Å²) in [5.74, 6) is -2.01. The molecule has 0 bridgehead atoms. The molecule has 0 aliphatic carbocycles. The monoisotopic (exact) mass is 320 g/mol. The Morgan fingerprint density at radius 2 is 1.70 bits per heavy atom. The predicted octanol–water partition coefficient (Wildman–Crippen LogP) is 0.677. The summed E-state index contributed by atoms with van der Waals surface area (Å²) in [6.45, 7) is 2.57. The molecular formula is C16H20N2O5. The topological polar surface area (TPSA) is 102 Å². The molecule has 1 rings (SSSR count). The van der Waals surface area contributed by atoms with Crippen molar-refractivity contribution in [1.29, 1.82) is 0 Å². The minimum Gasteiger partial charge on any atom is -0.459 e. The molecule has 0 saturated heterocycles. The van der Waals surface area contributed by atoms with E-state index >= 15 is 0 Å². The van der Waals surface area contributed by atoms with Crippen LogP contribution in [-0.4, -0.2) is 29.7 Å². The summed E-state index contributed by atoms with van der Waals surface area (Å²) in [7, 11) is 0. The van der Waals surface area contributed by atoms with Crippen LogP contribution in [0.15, 0.2) is 30.3 Å². The zero-order valence-electron chi connectivity index (χ0n) is 13.1. The zero-order chi connectivity index (χ0) is 17.2. The Kier molecular flexibility index (Phi) is 7.45. The number of ether oxygens (including phenoxy) is 1. The Morgan fingerprint density at radius 3 is 2.26 bits per heavy atom. The summed E-state index contributed by atoms with van der Waals surface area (Å²) < 4.78 is 5.15. The van der Waals surface area contributed by atoms with Crippen molar-refractivity contribution < 1.29 is 23.9 Å². The van der Waals surface area contributed by atoms with E-state index in [0.29, 0.717) is 0 Å². The van der Waals surface area contributed by atoms with E-state index in [2.05, 4.69) is 10.6 Å². The molecule has 7 nitrogen and oxygen atoms in total. The highest BCUT2D eigenvalue weighted by Crippen LogP contribution is 2.05. The lowest BCUT2D eigenvalue weighted by Crippen LogP contribution is -2.41. The molecule has 1 aromatic carbocycles. The van der Waals surface area contributed by atoms with E-state index in [4.69, 9.17) is 4.74 Å². The Balaban J connectivity index is 2.54. The summed E-state index contributed by atoms with van der Waals surface area (Å²) >= 11 is 0. The number of benzene rings is 1. The van der Waals surface area contributed by atoms with Gasteiger partial charge in [-0.25, -0.2) is 4.79 Å². The van der Waals surface area contributed by atoms with Crippen molar-refractivity contribution in [1.82, 2.24) is 10.6 Å². The molecule has 0 saturated carbocycles. The fraction of sp³-hybridized carbons (Fsp3) is 0.375. The van der Waals surface area contributed by atoms with Gasteiger partial charge in [0.1, 0.15) is 12.6 Å². The summed E-state index contributed by atoms with van der Waals surface area (Å²) in [6, 6.07) is 8.16. The lowest BCUT2D eigenvalue weighted by atomic mass is 10.1. The fourth-order valence-electron chi connectivity index (χ4n) is 1.86. The van der Waals surface area contributed by atoms with Crippen LogP contribution in [0.5, 0.6) is 0 Å². The van der Waals surface area contributed by atoms with E-state index < -0.39 is 29.7 Å². The normalized spacial score (nSPS) is 11.2. The molecule has 23 heavy (non-hydrogen) atoms. The van der Waals surface area contributed by atoms with Crippen LogP contribution in [0.4, 0.5) is 0 Å². The number of nitrogens with one attached hydrogen (secondary N) is 2. The molecule has 1 unspecified atom stereocenters. The lowest BCUT2D eigenvalue weighted by molar-refractivity contribution is -0.149. The Labute approximate surface area is 134 Å². The highest BCUT2D eigenvalue weighted by atomic mass is 16.5. The van der Waals surface area contributed by atoms with Gasteiger partial charge in [-0.1, -0.05) is 30.3 Å². The van der Waals surface area contributed by atoms with Crippen molar-refractivity contribution in [2.75, 3.05) is 0 Å². The molecule has 2 N–H and O–H groups in total. The minimum atomic E-state index is -0.936. The fourth-order valence-corrected chi connectivity index (χ4v) is 1.86. The summed E-state index contributed by atoms with van der Waals surface area (Å²) in [5.41, 5.74) is 0.816. The van der Waals surface area contributed by atoms with Crippen molar-refractivity contribution >= 4 is 23.7 Å². The Hall–Kier alpha value is -2.70. The van der Waals surface area contributed by atoms with Gasteiger partial charge in [0.05, 0.1) is 0 Å². The summed E-state index contributed by atoms with van der Waals surface area (Å²) in [6.07, 6.45) is -0.0305. The van der Waals surface area contributed by atoms with Crippen LogP contribution < -0.4 is 10.6 Å². The average molecular weight is 320 g/mol. The lowest BCUT2D eigenvalue weighted by Gasteiger charge is -2.16. The summed E-state index contributed by atoms with van der Waals surface area (Å²) in [4.78, 5) is 45.5. The van der Waals surface area contributed by atoms with Crippen LogP contribution in [0.25, 0.3) is 0 Å². The minimum absolute atomic E-state index is 0.0479. The number of carbonyl (C=O) groups is 4. The number of hydrogen-bond acceptors (Lipinski definition) is 5. The number of carbonyl (C=O) groups excluding carboxylic acids is 4. The number of rotatable bonds is 7. The van der Waals surface area contributed by atoms with Crippen LogP contribution in [0.3, 0.4) is 0 Å². The first-order chi connectivity index (χ1) is 10.9. The predicted molar refractivity (Wildman–Crippen MR) is 81.9 cm³/mol. The van der Waals surface area contributed by atoms with Gasteiger partial charge in [-0.2, -0.15) is 0 Å². The third-order valence-electron chi connectivity index (χ3n) is 2.86. The van der Waals surface area contributed by atoms with Crippen LogP contribution in [0.2, 0.25) is 0 Å². The highest BCUT2D eigenvalue weighted by molar-refractivity contribution is 5.94. The van der Waals surface area contributed by atoms with Crippen LogP contribution in [0, 0.1) is 0 Å². The van der Waals surface area contributed by atoms with Gasteiger partial charge in [0.2, 0.25) is 17.7 Å². The number of amides is 3. The highest BCUT2D eigenvalue weighted by Gasteiger charge is 2.22. The second-order valence-electron chi connectivity index (χ2n) is 4.99. The third-order valence-corrected chi connectivity index (χ3v) is 2.86. The largest absolute Gasteiger partial charge is 0.459 e. The van der Waals surface area contributed by atoms with Crippen molar-refractivity contribution in [2.24, 2.45) is 0 Å². The second kappa shape index (κ2) is 9.34. The van der Waals surface area contributed by atoms with E-state index in [1.54, 1.807) is 12.1 Å². The molecule has 0 spiro atoms. The molecule has 0 aromatic heterocycles. The molecular weight excluding hydrogens is 300 g/mol. The smallest absolute Gasteiger partial charge is 0.328 e. The van der Waals surface area contributed by atoms with Gasteiger partial charge in [-0.05, 0) is 12.0 Å². The van der Waals surface area contributed by atoms with Gasteiger partial charge in [0.15, 0.2) is 0 Å². The quantitative estimate of drug-likeness (QED) is 0.719. The van der Waals surface area contributed by atoms with E-state index in [-0.39, 0.29) is 19.4 Å². The van der Waals surface area contributed by atoms with Crippen molar-refractivity contribution in [3.8, 4) is 0 Å². The number of esters is 1. The molecule has 7 heteroatoms. The molecule has 1 aromatic rings. The Bertz CT molecular complexity index is 571. The SMILES string of the molecule is CC(=O)NC(=O)CCC(NC(C)=O)C(=O)OCc1ccccc1. The molecule has 0 heterocycles.